The summed E-state index contributed by atoms with van der Waals surface area (Å²) in [4.78, 5) is 8.02. The maximum atomic E-state index is 8.98. The molecule has 114 valence electrons. The number of rotatable bonds is 5. The second kappa shape index (κ2) is 6.78. The first-order chi connectivity index (χ1) is 11.2. The predicted octanol–water partition coefficient (Wildman–Crippen LogP) is 5.37. The molecule has 0 radical (unpaired) electrons. The largest absolute Gasteiger partial charge is 0.313 e. The van der Waals surface area contributed by atoms with Crippen LogP contribution in [0.1, 0.15) is 21.7 Å². The third kappa shape index (κ3) is 3.34. The van der Waals surface area contributed by atoms with Crippen LogP contribution >= 0.6 is 22.7 Å². The first kappa shape index (κ1) is 15.5. The van der Waals surface area contributed by atoms with Gasteiger partial charge in [0.05, 0.1) is 23.9 Å². The highest BCUT2D eigenvalue weighted by atomic mass is 32.1. The van der Waals surface area contributed by atoms with Gasteiger partial charge >= 0.3 is 0 Å². The molecule has 0 aliphatic heterocycles. The average molecular weight is 337 g/mol. The van der Waals surface area contributed by atoms with Crippen molar-refractivity contribution in [2.45, 2.75) is 13.5 Å². The fourth-order valence-electron chi connectivity index (χ4n) is 2.25. The van der Waals surface area contributed by atoms with E-state index < -0.39 is 0 Å². The molecule has 2 aromatic heterocycles. The lowest BCUT2D eigenvalue weighted by Gasteiger charge is -2.21. The van der Waals surface area contributed by atoms with Crippen molar-refractivity contribution in [3.05, 3.63) is 69.4 Å². The summed E-state index contributed by atoms with van der Waals surface area (Å²) in [6, 6.07) is 11.9. The number of anilines is 2. The Morgan fingerprint density at radius 1 is 1.30 bits per heavy atom. The molecule has 0 unspecified atom stereocenters. The molecule has 1 aromatic carbocycles. The lowest BCUT2D eigenvalue weighted by atomic mass is 10.2. The molecule has 3 nitrogen and oxygen atoms in total. The normalized spacial score (nSPS) is 10.3. The van der Waals surface area contributed by atoms with E-state index in [9.17, 15) is 0 Å². The summed E-state index contributed by atoms with van der Waals surface area (Å²) in [6.07, 6.45) is 1.79. The maximum absolute atomic E-state index is 8.98. The van der Waals surface area contributed by atoms with Gasteiger partial charge in [-0.2, -0.15) is 16.6 Å². The lowest BCUT2D eigenvalue weighted by Crippen LogP contribution is -2.15. The molecule has 0 fully saturated rings. The Balaban J connectivity index is 2.01. The molecule has 0 spiro atoms. The zero-order chi connectivity index (χ0) is 16.2. The van der Waals surface area contributed by atoms with Crippen molar-refractivity contribution in [1.29, 1.82) is 5.26 Å². The second-order valence-electron chi connectivity index (χ2n) is 5.02. The minimum Gasteiger partial charge on any atom is -0.313 e. The van der Waals surface area contributed by atoms with Crippen molar-refractivity contribution in [3.63, 3.8) is 0 Å². The Bertz CT molecular complexity index is 840. The number of hydrogen-bond acceptors (Lipinski definition) is 5. The van der Waals surface area contributed by atoms with E-state index in [1.54, 1.807) is 28.7 Å². The molecule has 0 saturated carbocycles. The summed E-state index contributed by atoms with van der Waals surface area (Å²) >= 11 is 3.34. The standard InChI is InChI=1S/C18H15N3S2/c1-3-17-13(2)23-18(20-17)21(11-15-8-9-22-12-15)16-6-4-14(10-19)5-7-16/h3-9,12H,1,11H2,2H3. The molecule has 0 atom stereocenters. The summed E-state index contributed by atoms with van der Waals surface area (Å²) in [5.74, 6) is 0. The first-order valence-corrected chi connectivity index (χ1v) is 8.86. The third-order valence-electron chi connectivity index (χ3n) is 3.47. The molecule has 0 N–H and O–H groups in total. The minimum absolute atomic E-state index is 0.659. The quantitative estimate of drug-likeness (QED) is 0.628. The van der Waals surface area contributed by atoms with Gasteiger partial charge in [-0.15, -0.1) is 11.3 Å². The summed E-state index contributed by atoms with van der Waals surface area (Å²) in [5.41, 5.74) is 3.85. The van der Waals surface area contributed by atoms with Gasteiger partial charge in [-0.3, -0.25) is 0 Å². The smallest absolute Gasteiger partial charge is 0.190 e. The van der Waals surface area contributed by atoms with Crippen LogP contribution in [0.5, 0.6) is 0 Å². The predicted molar refractivity (Wildman–Crippen MR) is 98.3 cm³/mol. The highest BCUT2D eigenvalue weighted by molar-refractivity contribution is 7.15. The highest BCUT2D eigenvalue weighted by Gasteiger charge is 2.16. The van der Waals surface area contributed by atoms with Gasteiger partial charge < -0.3 is 4.90 Å². The maximum Gasteiger partial charge on any atom is 0.190 e. The summed E-state index contributed by atoms with van der Waals surface area (Å²) in [6.45, 7) is 6.63. The Morgan fingerprint density at radius 3 is 2.65 bits per heavy atom. The summed E-state index contributed by atoms with van der Waals surface area (Å²) in [5, 5.41) is 14.1. The van der Waals surface area contributed by atoms with Crippen LogP contribution in [0.15, 0.2) is 47.7 Å². The van der Waals surface area contributed by atoms with Crippen molar-refractivity contribution < 1.29 is 0 Å². The molecule has 0 amide bonds. The van der Waals surface area contributed by atoms with Crippen LogP contribution in [0, 0.1) is 18.3 Å². The van der Waals surface area contributed by atoms with Crippen LogP contribution in [-0.2, 0) is 6.54 Å². The van der Waals surface area contributed by atoms with Crippen LogP contribution in [0.3, 0.4) is 0 Å². The zero-order valence-electron chi connectivity index (χ0n) is 12.7. The molecule has 3 aromatic rings. The molecule has 3 rings (SSSR count). The van der Waals surface area contributed by atoms with Crippen molar-refractivity contribution in [2.75, 3.05) is 4.90 Å². The Labute approximate surface area is 143 Å². The van der Waals surface area contributed by atoms with E-state index in [2.05, 4.69) is 41.3 Å². The SMILES string of the molecule is C=Cc1nc(N(Cc2ccsc2)c2ccc(C#N)cc2)sc1C. The van der Waals surface area contributed by atoms with Crippen LogP contribution in [0.25, 0.3) is 6.08 Å². The topological polar surface area (TPSA) is 39.9 Å². The van der Waals surface area contributed by atoms with Crippen molar-refractivity contribution >= 4 is 39.6 Å². The van der Waals surface area contributed by atoms with Crippen molar-refractivity contribution in [3.8, 4) is 6.07 Å². The van der Waals surface area contributed by atoms with Crippen molar-refractivity contribution in [2.24, 2.45) is 0 Å². The Kier molecular flexibility index (Phi) is 4.56. The highest BCUT2D eigenvalue weighted by Crippen LogP contribution is 2.33. The zero-order valence-corrected chi connectivity index (χ0v) is 14.3. The van der Waals surface area contributed by atoms with E-state index >= 15 is 0 Å². The fourth-order valence-corrected chi connectivity index (χ4v) is 3.84. The number of nitrogens with zero attached hydrogens (tertiary/aromatic N) is 3. The number of nitriles is 1. The fraction of sp³-hybridized carbons (Fsp3) is 0.111. The number of thiophene rings is 1. The molecule has 5 heteroatoms. The van der Waals surface area contributed by atoms with E-state index in [0.29, 0.717) is 5.56 Å². The number of thiazole rings is 1. The molecular formula is C18H15N3S2. The van der Waals surface area contributed by atoms with Gasteiger partial charge in [0.15, 0.2) is 5.13 Å². The number of hydrogen-bond donors (Lipinski definition) is 0. The van der Waals surface area contributed by atoms with Crippen LogP contribution in [0.2, 0.25) is 0 Å². The molecule has 0 aliphatic rings. The molecule has 23 heavy (non-hydrogen) atoms. The van der Waals surface area contributed by atoms with Gasteiger partial charge in [-0.05, 0) is 59.7 Å². The lowest BCUT2D eigenvalue weighted by molar-refractivity contribution is 0.969. The van der Waals surface area contributed by atoms with Gasteiger partial charge in [-0.25, -0.2) is 4.98 Å². The number of aromatic nitrogens is 1. The van der Waals surface area contributed by atoms with Crippen molar-refractivity contribution in [1.82, 2.24) is 4.98 Å². The first-order valence-electron chi connectivity index (χ1n) is 7.10. The summed E-state index contributed by atoms with van der Waals surface area (Å²) in [7, 11) is 0. The molecule has 0 bridgehead atoms. The van der Waals surface area contributed by atoms with E-state index in [1.807, 2.05) is 24.3 Å². The second-order valence-corrected chi connectivity index (χ2v) is 6.98. The van der Waals surface area contributed by atoms with E-state index in [4.69, 9.17) is 10.2 Å². The molecule has 0 saturated heterocycles. The van der Waals surface area contributed by atoms with Crippen LogP contribution < -0.4 is 4.90 Å². The van der Waals surface area contributed by atoms with E-state index in [1.165, 1.54) is 5.56 Å². The monoisotopic (exact) mass is 337 g/mol. The summed E-state index contributed by atoms with van der Waals surface area (Å²) < 4.78 is 0. The van der Waals surface area contributed by atoms with Gasteiger partial charge in [0.2, 0.25) is 0 Å². The Hall–Kier alpha value is -2.42. The third-order valence-corrected chi connectivity index (χ3v) is 5.22. The number of benzene rings is 1. The number of aryl methyl sites for hydroxylation is 1. The average Bonchev–Trinajstić information content (AvgIpc) is 3.22. The molecule has 0 aliphatic carbocycles. The van der Waals surface area contributed by atoms with Gasteiger partial charge in [0.1, 0.15) is 0 Å². The van der Waals surface area contributed by atoms with Crippen LogP contribution in [-0.4, -0.2) is 4.98 Å². The van der Waals surface area contributed by atoms with Gasteiger partial charge in [0, 0.05) is 10.6 Å². The van der Waals surface area contributed by atoms with Gasteiger partial charge in [-0.1, -0.05) is 6.58 Å². The molecular weight excluding hydrogens is 322 g/mol. The van der Waals surface area contributed by atoms with E-state index in [0.717, 1.165) is 27.9 Å². The van der Waals surface area contributed by atoms with Crippen LogP contribution in [0.4, 0.5) is 10.8 Å². The Morgan fingerprint density at radius 2 is 2.09 bits per heavy atom. The minimum atomic E-state index is 0.659. The molecule has 2 heterocycles. The van der Waals surface area contributed by atoms with Gasteiger partial charge in [0.25, 0.3) is 0 Å². The van der Waals surface area contributed by atoms with E-state index in [-0.39, 0.29) is 0 Å².